The minimum absolute atomic E-state index is 0.00519. The molecule has 2 heterocycles. The fraction of sp³-hybridized carbons (Fsp3) is 0.611. The first kappa shape index (κ1) is 16.6. The van der Waals surface area contributed by atoms with Gasteiger partial charge in [0.05, 0.1) is 26.4 Å². The van der Waals surface area contributed by atoms with Crippen LogP contribution in [-0.4, -0.2) is 64.4 Å². The average Bonchev–Trinajstić information content (AvgIpc) is 2.61. The van der Waals surface area contributed by atoms with Gasteiger partial charge in [-0.1, -0.05) is 30.3 Å². The normalized spacial score (nSPS) is 23.3. The van der Waals surface area contributed by atoms with Crippen LogP contribution in [-0.2, 0) is 14.3 Å². The third-order valence-electron chi connectivity index (χ3n) is 5.08. The van der Waals surface area contributed by atoms with Gasteiger partial charge in [0.25, 0.3) is 0 Å². The second kappa shape index (κ2) is 8.02. The van der Waals surface area contributed by atoms with E-state index in [-0.39, 0.29) is 17.9 Å². The van der Waals surface area contributed by atoms with Crippen molar-refractivity contribution in [3.8, 4) is 0 Å². The number of carbonyl (C=O) groups is 1. The summed E-state index contributed by atoms with van der Waals surface area (Å²) in [6, 6.07) is 10.7. The molecule has 0 aliphatic carbocycles. The van der Waals surface area contributed by atoms with Crippen LogP contribution in [0.3, 0.4) is 0 Å². The van der Waals surface area contributed by atoms with Gasteiger partial charge in [0.1, 0.15) is 26.2 Å². The molecule has 1 aromatic rings. The lowest BCUT2D eigenvalue weighted by atomic mass is 9.93. The topological polar surface area (TPSA) is 44.4 Å². The number of ketones is 1. The Balaban J connectivity index is 1.91. The van der Waals surface area contributed by atoms with Crippen LogP contribution >= 0.6 is 0 Å². The molecule has 5 nitrogen and oxygen atoms in total. The molecule has 2 fully saturated rings. The highest BCUT2D eigenvalue weighted by Crippen LogP contribution is 2.14. The first-order valence-corrected chi connectivity index (χ1v) is 8.67. The summed E-state index contributed by atoms with van der Waals surface area (Å²) < 4.78 is 11.0. The lowest BCUT2D eigenvalue weighted by Gasteiger charge is -2.39. The summed E-state index contributed by atoms with van der Waals surface area (Å²) in [5, 5.41) is 0. The van der Waals surface area contributed by atoms with Crippen LogP contribution in [0.15, 0.2) is 30.3 Å². The van der Waals surface area contributed by atoms with Gasteiger partial charge in [0, 0.05) is 12.5 Å². The van der Waals surface area contributed by atoms with E-state index in [0.29, 0.717) is 0 Å². The number of rotatable bonds is 5. The van der Waals surface area contributed by atoms with Gasteiger partial charge < -0.3 is 19.3 Å². The Morgan fingerprint density at radius 3 is 1.96 bits per heavy atom. The summed E-state index contributed by atoms with van der Waals surface area (Å²) in [6.45, 7) is 8.57. The number of hydrogen-bond donors (Lipinski definition) is 2. The van der Waals surface area contributed by atoms with Crippen molar-refractivity contribution in [1.29, 1.82) is 0 Å². The van der Waals surface area contributed by atoms with E-state index in [0.717, 1.165) is 52.6 Å². The van der Waals surface area contributed by atoms with Gasteiger partial charge in [0.15, 0.2) is 11.8 Å². The maximum Gasteiger partial charge on any atom is 0.203 e. The molecule has 0 spiro atoms. The third-order valence-corrected chi connectivity index (χ3v) is 5.08. The van der Waals surface area contributed by atoms with Crippen molar-refractivity contribution in [2.24, 2.45) is 0 Å². The van der Waals surface area contributed by atoms with Crippen molar-refractivity contribution in [2.75, 3.05) is 52.6 Å². The zero-order valence-corrected chi connectivity index (χ0v) is 13.9. The van der Waals surface area contributed by atoms with E-state index < -0.39 is 0 Å². The fourth-order valence-electron chi connectivity index (χ4n) is 3.97. The van der Waals surface area contributed by atoms with E-state index >= 15 is 0 Å². The van der Waals surface area contributed by atoms with E-state index in [4.69, 9.17) is 9.47 Å². The Kier molecular flexibility index (Phi) is 5.78. The van der Waals surface area contributed by atoms with Gasteiger partial charge in [-0.15, -0.1) is 0 Å². The van der Waals surface area contributed by atoms with Gasteiger partial charge >= 0.3 is 0 Å². The largest absolute Gasteiger partial charge is 0.370 e. The molecule has 5 heteroatoms. The van der Waals surface area contributed by atoms with E-state index in [1.165, 1.54) is 15.4 Å². The van der Waals surface area contributed by atoms with Gasteiger partial charge in [-0.3, -0.25) is 4.79 Å². The maximum absolute atomic E-state index is 12.6. The summed E-state index contributed by atoms with van der Waals surface area (Å²) in [6.07, 6.45) is 0. The standard InChI is InChI=1S/C18H26N2O3/c1-15(21)17(19-7-11-22-12-8-19)18(16-5-3-2-4-6-16)20-9-13-23-14-10-20/h2-6,17-18H,7-14H2,1H3/p+2/t17-,18+/m1/s1. The van der Waals surface area contributed by atoms with Crippen LogP contribution in [0.25, 0.3) is 0 Å². The Morgan fingerprint density at radius 2 is 1.43 bits per heavy atom. The van der Waals surface area contributed by atoms with Crippen molar-refractivity contribution in [3.63, 3.8) is 0 Å². The third kappa shape index (κ3) is 3.98. The van der Waals surface area contributed by atoms with E-state index in [9.17, 15) is 4.79 Å². The molecule has 0 amide bonds. The summed E-state index contributed by atoms with van der Waals surface area (Å²) in [5.74, 6) is 0.287. The summed E-state index contributed by atoms with van der Waals surface area (Å²) >= 11 is 0. The summed E-state index contributed by atoms with van der Waals surface area (Å²) in [4.78, 5) is 15.4. The second-order valence-electron chi connectivity index (χ2n) is 6.52. The molecule has 2 aliphatic rings. The van der Waals surface area contributed by atoms with Crippen molar-refractivity contribution in [1.82, 2.24) is 0 Å². The van der Waals surface area contributed by atoms with E-state index in [2.05, 4.69) is 24.3 Å². The lowest BCUT2D eigenvalue weighted by Crippen LogP contribution is -3.25. The minimum atomic E-state index is -0.00519. The highest BCUT2D eigenvalue weighted by atomic mass is 16.5. The molecular weight excluding hydrogens is 292 g/mol. The zero-order valence-electron chi connectivity index (χ0n) is 13.9. The molecule has 2 N–H and O–H groups in total. The van der Waals surface area contributed by atoms with Crippen LogP contribution in [0.5, 0.6) is 0 Å². The first-order chi connectivity index (χ1) is 11.3. The minimum Gasteiger partial charge on any atom is -0.370 e. The molecule has 2 saturated heterocycles. The van der Waals surface area contributed by atoms with E-state index in [1.807, 2.05) is 6.07 Å². The smallest absolute Gasteiger partial charge is 0.203 e. The number of morpholine rings is 2. The Labute approximate surface area is 138 Å². The fourth-order valence-corrected chi connectivity index (χ4v) is 3.97. The van der Waals surface area contributed by atoms with E-state index in [1.54, 1.807) is 6.92 Å². The van der Waals surface area contributed by atoms with Gasteiger partial charge in [0.2, 0.25) is 6.04 Å². The highest BCUT2D eigenvalue weighted by Gasteiger charge is 2.43. The highest BCUT2D eigenvalue weighted by molar-refractivity contribution is 5.80. The molecule has 0 radical (unpaired) electrons. The van der Waals surface area contributed by atoms with Crippen LogP contribution < -0.4 is 9.80 Å². The lowest BCUT2D eigenvalue weighted by molar-refractivity contribution is -0.999. The first-order valence-electron chi connectivity index (χ1n) is 8.67. The number of carbonyl (C=O) groups excluding carboxylic acids is 1. The summed E-state index contributed by atoms with van der Waals surface area (Å²) in [7, 11) is 0. The van der Waals surface area contributed by atoms with Gasteiger partial charge in [-0.2, -0.15) is 0 Å². The maximum atomic E-state index is 12.6. The predicted molar refractivity (Wildman–Crippen MR) is 86.7 cm³/mol. The van der Waals surface area contributed by atoms with Crippen LogP contribution in [0, 0.1) is 0 Å². The average molecular weight is 320 g/mol. The molecule has 23 heavy (non-hydrogen) atoms. The quantitative estimate of drug-likeness (QED) is 0.695. The van der Waals surface area contributed by atoms with Crippen molar-refractivity contribution < 1.29 is 24.1 Å². The Morgan fingerprint density at radius 1 is 0.913 bits per heavy atom. The second-order valence-corrected chi connectivity index (χ2v) is 6.52. The number of Topliss-reactive ketones (excluding diaryl/α,β-unsaturated/α-hetero) is 1. The molecular formula is C18H28N2O3+2. The number of ether oxygens (including phenoxy) is 2. The number of quaternary nitrogens is 2. The Hall–Kier alpha value is -1.27. The monoisotopic (exact) mass is 320 g/mol. The molecule has 126 valence electrons. The zero-order chi connectivity index (χ0) is 16.1. The molecule has 0 unspecified atom stereocenters. The number of nitrogens with one attached hydrogen (secondary N) is 2. The Bertz CT molecular complexity index is 496. The molecule has 0 saturated carbocycles. The van der Waals surface area contributed by atoms with Crippen molar-refractivity contribution >= 4 is 5.78 Å². The van der Waals surface area contributed by atoms with Gasteiger partial charge in [-0.25, -0.2) is 0 Å². The summed E-state index contributed by atoms with van der Waals surface area (Å²) in [5.41, 5.74) is 1.27. The van der Waals surface area contributed by atoms with Crippen LogP contribution in [0.1, 0.15) is 18.5 Å². The SMILES string of the molecule is CC(=O)[C@H]([C@H](c1ccccc1)[NH+]1CCOCC1)[NH+]1CCOCC1. The molecule has 2 atom stereocenters. The van der Waals surface area contributed by atoms with Gasteiger partial charge in [-0.05, 0) is 0 Å². The predicted octanol–water partition coefficient (Wildman–Crippen LogP) is -1.48. The number of benzene rings is 1. The van der Waals surface area contributed by atoms with Crippen molar-refractivity contribution in [2.45, 2.75) is 19.0 Å². The van der Waals surface area contributed by atoms with Crippen LogP contribution in [0.2, 0.25) is 0 Å². The molecule has 0 aromatic heterocycles. The number of hydrogen-bond acceptors (Lipinski definition) is 3. The molecule has 0 bridgehead atoms. The molecule has 3 rings (SSSR count). The van der Waals surface area contributed by atoms with Crippen molar-refractivity contribution in [3.05, 3.63) is 35.9 Å². The van der Waals surface area contributed by atoms with Crippen LogP contribution in [0.4, 0.5) is 0 Å². The molecule has 1 aromatic carbocycles. The molecule has 2 aliphatic heterocycles.